The molecule has 0 saturated carbocycles. The van der Waals surface area contributed by atoms with Crippen molar-refractivity contribution >= 4 is 22.5 Å². The summed E-state index contributed by atoms with van der Waals surface area (Å²) in [5, 5.41) is 1.55. The molecule has 0 amide bonds. The normalized spacial score (nSPS) is 10.7. The molecule has 3 nitrogen and oxygen atoms in total. The van der Waals surface area contributed by atoms with Crippen LogP contribution in [0.4, 0.5) is 0 Å². The summed E-state index contributed by atoms with van der Waals surface area (Å²) in [4.78, 5) is 9.26. The van der Waals surface area contributed by atoms with Gasteiger partial charge in [0.1, 0.15) is 5.75 Å². The molecule has 0 spiro atoms. The Hall–Kier alpha value is -2.91. The molecular formula is C20H13ClN2O. The van der Waals surface area contributed by atoms with Crippen molar-refractivity contribution in [1.29, 1.82) is 0 Å². The molecule has 0 aliphatic rings. The van der Waals surface area contributed by atoms with Crippen molar-refractivity contribution in [3.63, 3.8) is 0 Å². The number of benzene rings is 3. The molecule has 0 fully saturated rings. The second-order valence-corrected chi connectivity index (χ2v) is 5.73. The molecule has 116 valence electrons. The van der Waals surface area contributed by atoms with Crippen LogP contribution in [0.5, 0.6) is 11.6 Å². The van der Waals surface area contributed by atoms with Gasteiger partial charge in [-0.15, -0.1) is 0 Å². The first kappa shape index (κ1) is 14.7. The summed E-state index contributed by atoms with van der Waals surface area (Å²) in [5.74, 6) is 1.89. The second kappa shape index (κ2) is 6.30. The Balaban J connectivity index is 1.86. The van der Waals surface area contributed by atoms with Crippen molar-refractivity contribution in [2.45, 2.75) is 0 Å². The van der Waals surface area contributed by atoms with Crippen LogP contribution in [0.25, 0.3) is 22.3 Å². The number of para-hydroxylation sites is 2. The number of nitrogens with zero attached hydrogens (tertiary/aromatic N) is 2. The highest BCUT2D eigenvalue weighted by Gasteiger charge is 2.11. The third kappa shape index (κ3) is 2.94. The Kier molecular flexibility index (Phi) is 3.85. The van der Waals surface area contributed by atoms with E-state index in [4.69, 9.17) is 16.3 Å². The van der Waals surface area contributed by atoms with Gasteiger partial charge in [0.15, 0.2) is 5.82 Å². The molecule has 24 heavy (non-hydrogen) atoms. The van der Waals surface area contributed by atoms with E-state index < -0.39 is 0 Å². The lowest BCUT2D eigenvalue weighted by atomic mass is 10.2. The maximum atomic E-state index is 6.00. The molecule has 1 heterocycles. The molecule has 4 aromatic rings. The highest BCUT2D eigenvalue weighted by atomic mass is 35.5. The van der Waals surface area contributed by atoms with Crippen molar-refractivity contribution < 1.29 is 4.74 Å². The summed E-state index contributed by atoms with van der Waals surface area (Å²) >= 11 is 5.97. The topological polar surface area (TPSA) is 35.0 Å². The summed E-state index contributed by atoms with van der Waals surface area (Å²) in [5.41, 5.74) is 1.73. The number of ether oxygens (including phenoxy) is 1. The van der Waals surface area contributed by atoms with E-state index in [-0.39, 0.29) is 0 Å². The predicted molar refractivity (Wildman–Crippen MR) is 96.5 cm³/mol. The average Bonchev–Trinajstić information content (AvgIpc) is 2.63. The van der Waals surface area contributed by atoms with Crippen LogP contribution in [0.1, 0.15) is 0 Å². The molecule has 0 aliphatic heterocycles. The number of hydrogen-bond donors (Lipinski definition) is 0. The number of halogens is 1. The minimum atomic E-state index is 0.539. The second-order valence-electron chi connectivity index (χ2n) is 5.29. The standard InChI is InChI=1S/C20H13ClN2O/c21-15-12-10-14(11-13-15)19-22-18-9-5-4-8-17(18)20(23-19)24-16-6-2-1-3-7-16/h1-13H. The van der Waals surface area contributed by atoms with Crippen LogP contribution in [0.15, 0.2) is 78.9 Å². The molecule has 0 atom stereocenters. The van der Waals surface area contributed by atoms with Gasteiger partial charge in [0, 0.05) is 10.6 Å². The van der Waals surface area contributed by atoms with E-state index >= 15 is 0 Å². The molecular weight excluding hydrogens is 320 g/mol. The van der Waals surface area contributed by atoms with E-state index in [0.29, 0.717) is 16.7 Å². The van der Waals surface area contributed by atoms with E-state index in [0.717, 1.165) is 22.2 Å². The maximum absolute atomic E-state index is 6.00. The van der Waals surface area contributed by atoms with Gasteiger partial charge in [0.05, 0.1) is 10.9 Å². The van der Waals surface area contributed by atoms with Crippen LogP contribution >= 0.6 is 11.6 Å². The molecule has 0 N–H and O–H groups in total. The van der Waals surface area contributed by atoms with E-state index in [1.165, 1.54) is 0 Å². The van der Waals surface area contributed by atoms with Gasteiger partial charge >= 0.3 is 0 Å². The first-order valence-corrected chi connectivity index (χ1v) is 7.93. The lowest BCUT2D eigenvalue weighted by Crippen LogP contribution is -1.95. The third-order valence-corrected chi connectivity index (χ3v) is 3.88. The van der Waals surface area contributed by atoms with Crippen molar-refractivity contribution in [3.05, 3.63) is 83.9 Å². The zero-order valence-corrected chi connectivity index (χ0v) is 13.4. The van der Waals surface area contributed by atoms with E-state index in [1.807, 2.05) is 78.9 Å². The van der Waals surface area contributed by atoms with Gasteiger partial charge in [0.2, 0.25) is 5.88 Å². The maximum Gasteiger partial charge on any atom is 0.230 e. The Bertz CT molecular complexity index is 985. The van der Waals surface area contributed by atoms with Gasteiger partial charge in [0.25, 0.3) is 0 Å². The number of hydrogen-bond acceptors (Lipinski definition) is 3. The van der Waals surface area contributed by atoms with Gasteiger partial charge in [-0.05, 0) is 48.5 Å². The molecule has 0 unspecified atom stereocenters. The minimum absolute atomic E-state index is 0.539. The van der Waals surface area contributed by atoms with Crippen molar-refractivity contribution in [2.75, 3.05) is 0 Å². The predicted octanol–water partition coefficient (Wildman–Crippen LogP) is 5.74. The van der Waals surface area contributed by atoms with Gasteiger partial charge in [-0.2, -0.15) is 4.98 Å². The van der Waals surface area contributed by atoms with Crippen molar-refractivity contribution in [2.24, 2.45) is 0 Å². The minimum Gasteiger partial charge on any atom is -0.438 e. The zero-order chi connectivity index (χ0) is 16.4. The Labute approximate surface area is 144 Å². The fourth-order valence-electron chi connectivity index (χ4n) is 2.45. The van der Waals surface area contributed by atoms with Gasteiger partial charge < -0.3 is 4.74 Å². The first-order chi connectivity index (χ1) is 11.8. The average molecular weight is 333 g/mol. The lowest BCUT2D eigenvalue weighted by Gasteiger charge is -2.10. The summed E-state index contributed by atoms with van der Waals surface area (Å²) in [7, 11) is 0. The summed E-state index contributed by atoms with van der Waals surface area (Å²) in [6, 6.07) is 24.9. The van der Waals surface area contributed by atoms with Crippen molar-refractivity contribution in [1.82, 2.24) is 9.97 Å². The number of rotatable bonds is 3. The van der Waals surface area contributed by atoms with E-state index in [2.05, 4.69) is 9.97 Å². The molecule has 0 aliphatic carbocycles. The number of aromatic nitrogens is 2. The highest BCUT2D eigenvalue weighted by Crippen LogP contribution is 2.30. The van der Waals surface area contributed by atoms with Gasteiger partial charge in [-0.25, -0.2) is 4.98 Å². The fourth-order valence-corrected chi connectivity index (χ4v) is 2.58. The summed E-state index contributed by atoms with van der Waals surface area (Å²) in [6.07, 6.45) is 0. The summed E-state index contributed by atoms with van der Waals surface area (Å²) < 4.78 is 6.00. The van der Waals surface area contributed by atoms with Crippen molar-refractivity contribution in [3.8, 4) is 23.0 Å². The lowest BCUT2D eigenvalue weighted by molar-refractivity contribution is 0.469. The molecule has 0 bridgehead atoms. The number of fused-ring (bicyclic) bond motifs is 1. The van der Waals surface area contributed by atoms with Crippen LogP contribution in [-0.2, 0) is 0 Å². The Morgan fingerprint density at radius 1 is 0.708 bits per heavy atom. The monoisotopic (exact) mass is 332 g/mol. The zero-order valence-electron chi connectivity index (χ0n) is 12.7. The molecule has 1 aromatic heterocycles. The molecule has 4 rings (SSSR count). The van der Waals surface area contributed by atoms with Crippen LogP contribution in [0, 0.1) is 0 Å². The largest absolute Gasteiger partial charge is 0.438 e. The van der Waals surface area contributed by atoms with Crippen LogP contribution in [0.3, 0.4) is 0 Å². The smallest absolute Gasteiger partial charge is 0.230 e. The highest BCUT2D eigenvalue weighted by molar-refractivity contribution is 6.30. The first-order valence-electron chi connectivity index (χ1n) is 7.55. The van der Waals surface area contributed by atoms with Crippen LogP contribution < -0.4 is 4.74 Å². The molecule has 0 radical (unpaired) electrons. The quantitative estimate of drug-likeness (QED) is 0.479. The molecule has 3 aromatic carbocycles. The third-order valence-electron chi connectivity index (χ3n) is 3.63. The molecule has 0 saturated heterocycles. The Morgan fingerprint density at radius 3 is 2.21 bits per heavy atom. The molecule has 4 heteroatoms. The summed E-state index contributed by atoms with van der Waals surface area (Å²) in [6.45, 7) is 0. The van der Waals surface area contributed by atoms with Crippen LogP contribution in [-0.4, -0.2) is 9.97 Å². The van der Waals surface area contributed by atoms with E-state index in [1.54, 1.807) is 0 Å². The van der Waals surface area contributed by atoms with Gasteiger partial charge in [-0.1, -0.05) is 41.9 Å². The van der Waals surface area contributed by atoms with Crippen LogP contribution in [0.2, 0.25) is 5.02 Å². The Morgan fingerprint density at radius 2 is 1.42 bits per heavy atom. The fraction of sp³-hybridized carbons (Fsp3) is 0. The van der Waals surface area contributed by atoms with E-state index in [9.17, 15) is 0 Å². The van der Waals surface area contributed by atoms with Gasteiger partial charge in [-0.3, -0.25) is 0 Å². The SMILES string of the molecule is Clc1ccc(-c2nc(Oc3ccccc3)c3ccccc3n2)cc1.